The van der Waals surface area contributed by atoms with Gasteiger partial charge in [-0.3, -0.25) is 9.59 Å². The van der Waals surface area contributed by atoms with Crippen LogP contribution < -0.4 is 10.6 Å². The third-order valence-electron chi connectivity index (χ3n) is 3.98. The number of rotatable bonds is 5. The number of thiazole rings is 1. The van der Waals surface area contributed by atoms with Crippen LogP contribution in [0.15, 0.2) is 64.8 Å². The number of anilines is 2. The molecule has 0 spiro atoms. The van der Waals surface area contributed by atoms with Crippen LogP contribution in [0.1, 0.15) is 13.8 Å². The molecular weight excluding hydrogens is 418 g/mol. The predicted octanol–water partition coefficient (Wildman–Crippen LogP) is 6.36. The summed E-state index contributed by atoms with van der Waals surface area (Å²) in [6.45, 7) is 2.95. The van der Waals surface area contributed by atoms with Crippen LogP contribution in [0.4, 0.5) is 22.1 Å². The number of fused-ring (bicyclic) bond motifs is 1. The van der Waals surface area contributed by atoms with Crippen molar-refractivity contribution >= 4 is 66.1 Å². The summed E-state index contributed by atoms with van der Waals surface area (Å²) in [6, 6.07) is 16.8. The van der Waals surface area contributed by atoms with Gasteiger partial charge in [-0.25, -0.2) is 4.98 Å². The molecule has 2 aromatic heterocycles. The Morgan fingerprint density at radius 1 is 0.833 bits per heavy atom. The third-order valence-corrected chi connectivity index (χ3v) is 6.07. The first-order chi connectivity index (χ1) is 14.5. The van der Waals surface area contributed by atoms with Crippen molar-refractivity contribution in [3.05, 3.63) is 54.6 Å². The minimum atomic E-state index is -0.112. The molecule has 0 aliphatic heterocycles. The van der Waals surface area contributed by atoms with E-state index in [2.05, 4.69) is 20.9 Å². The van der Waals surface area contributed by atoms with Gasteiger partial charge in [0.1, 0.15) is 14.8 Å². The summed E-state index contributed by atoms with van der Waals surface area (Å²) >= 11 is 3.07. The second-order valence-corrected chi connectivity index (χ2v) is 8.50. The largest absolute Gasteiger partial charge is 0.326 e. The van der Waals surface area contributed by atoms with Crippen molar-refractivity contribution in [2.45, 2.75) is 13.8 Å². The molecule has 2 aromatic carbocycles. The summed E-state index contributed by atoms with van der Waals surface area (Å²) in [6.07, 6.45) is 0. The number of hydrogen-bond acceptors (Lipinski definition) is 7. The van der Waals surface area contributed by atoms with Crippen molar-refractivity contribution < 1.29 is 9.59 Å². The summed E-state index contributed by atoms with van der Waals surface area (Å²) in [4.78, 5) is 27.8. The molecule has 0 unspecified atom stereocenters. The fraction of sp³-hybridized carbons (Fsp3) is 0.0952. The highest BCUT2D eigenvalue weighted by Gasteiger charge is 2.10. The molecule has 0 aliphatic rings. The Balaban J connectivity index is 1.47. The number of thiophene rings is 1. The van der Waals surface area contributed by atoms with E-state index in [1.165, 1.54) is 25.2 Å². The molecule has 2 heterocycles. The standard InChI is InChI=1S/C21H17N5O2S2/c1-12(27)22-15-5-3-14(4-6-15)20-24-21-18(29-20)11-19(30-21)26-25-17-9-7-16(8-10-17)23-13(2)28/h3-11H,1-2H3,(H,22,27)(H,23,28). The summed E-state index contributed by atoms with van der Waals surface area (Å²) in [7, 11) is 0. The SMILES string of the molecule is CC(=O)Nc1ccc(N=Nc2cc3sc(-c4ccc(NC(C)=O)cc4)nc3s2)cc1. The summed E-state index contributed by atoms with van der Waals surface area (Å²) in [5.41, 5.74) is 3.19. The molecule has 0 atom stereocenters. The molecule has 4 aromatic rings. The number of benzene rings is 2. The quantitative estimate of drug-likeness (QED) is 0.357. The first-order valence-corrected chi connectivity index (χ1v) is 10.7. The Bertz CT molecular complexity index is 1210. The molecule has 9 heteroatoms. The van der Waals surface area contributed by atoms with E-state index < -0.39 is 0 Å². The molecule has 0 fully saturated rings. The van der Waals surface area contributed by atoms with Gasteiger partial charge in [-0.1, -0.05) is 11.3 Å². The Kier molecular flexibility index (Phi) is 5.64. The lowest BCUT2D eigenvalue weighted by Crippen LogP contribution is -2.05. The maximum atomic E-state index is 11.1. The lowest BCUT2D eigenvalue weighted by Gasteiger charge is -2.02. The van der Waals surface area contributed by atoms with Crippen LogP contribution in [0.2, 0.25) is 0 Å². The summed E-state index contributed by atoms with van der Waals surface area (Å²) < 4.78 is 1.05. The number of aromatic nitrogens is 1. The van der Waals surface area contributed by atoms with E-state index >= 15 is 0 Å². The Labute approximate surface area is 180 Å². The van der Waals surface area contributed by atoms with E-state index in [9.17, 15) is 9.59 Å². The zero-order chi connectivity index (χ0) is 21.1. The van der Waals surface area contributed by atoms with Gasteiger partial charge in [0.15, 0.2) is 0 Å². The van der Waals surface area contributed by atoms with Gasteiger partial charge in [0.25, 0.3) is 0 Å². The molecule has 0 aliphatic carbocycles. The van der Waals surface area contributed by atoms with Gasteiger partial charge >= 0.3 is 0 Å². The lowest BCUT2D eigenvalue weighted by atomic mass is 10.2. The molecule has 0 saturated heterocycles. The first kappa shape index (κ1) is 19.9. The first-order valence-electron chi connectivity index (χ1n) is 9.04. The molecule has 4 rings (SSSR count). The Morgan fingerprint density at radius 3 is 2.00 bits per heavy atom. The second kappa shape index (κ2) is 8.52. The van der Waals surface area contributed by atoms with Gasteiger partial charge in [0.05, 0.1) is 10.4 Å². The van der Waals surface area contributed by atoms with Gasteiger partial charge in [-0.15, -0.1) is 21.6 Å². The fourth-order valence-electron chi connectivity index (χ4n) is 2.72. The minimum Gasteiger partial charge on any atom is -0.326 e. The highest BCUT2D eigenvalue weighted by molar-refractivity contribution is 7.30. The normalized spacial score (nSPS) is 11.1. The van der Waals surface area contributed by atoms with Gasteiger partial charge in [-0.05, 0) is 54.6 Å². The second-order valence-electron chi connectivity index (χ2n) is 6.46. The highest BCUT2D eigenvalue weighted by Crippen LogP contribution is 2.39. The van der Waals surface area contributed by atoms with Crippen molar-refractivity contribution in [1.82, 2.24) is 4.98 Å². The molecule has 0 saturated carbocycles. The van der Waals surface area contributed by atoms with Crippen molar-refractivity contribution in [1.29, 1.82) is 0 Å². The van der Waals surface area contributed by atoms with Crippen molar-refractivity contribution in [3.8, 4) is 10.6 Å². The fourth-order valence-corrected chi connectivity index (χ4v) is 4.75. The number of amides is 2. The molecule has 150 valence electrons. The predicted molar refractivity (Wildman–Crippen MR) is 122 cm³/mol. The van der Waals surface area contributed by atoms with E-state index in [1.807, 2.05) is 30.3 Å². The number of azo groups is 1. The number of carbonyl (C=O) groups excluding carboxylic acids is 2. The molecule has 2 amide bonds. The van der Waals surface area contributed by atoms with E-state index in [4.69, 9.17) is 4.98 Å². The third kappa shape index (κ3) is 4.76. The van der Waals surface area contributed by atoms with Crippen molar-refractivity contribution in [2.75, 3.05) is 10.6 Å². The van der Waals surface area contributed by atoms with Crippen LogP contribution in [-0.2, 0) is 9.59 Å². The maximum Gasteiger partial charge on any atom is 0.221 e. The number of hydrogen-bond donors (Lipinski definition) is 2. The van der Waals surface area contributed by atoms with Crippen LogP contribution in [-0.4, -0.2) is 16.8 Å². The molecule has 0 bridgehead atoms. The monoisotopic (exact) mass is 435 g/mol. The highest BCUT2D eigenvalue weighted by atomic mass is 32.1. The van der Waals surface area contributed by atoms with Crippen LogP contribution in [0.5, 0.6) is 0 Å². The van der Waals surface area contributed by atoms with E-state index in [0.717, 1.165) is 36.5 Å². The van der Waals surface area contributed by atoms with Crippen molar-refractivity contribution in [3.63, 3.8) is 0 Å². The van der Waals surface area contributed by atoms with Gasteiger partial charge in [-0.2, -0.15) is 0 Å². The molecule has 30 heavy (non-hydrogen) atoms. The molecule has 7 nitrogen and oxygen atoms in total. The number of carbonyl (C=O) groups is 2. The topological polar surface area (TPSA) is 95.8 Å². The molecule has 0 radical (unpaired) electrons. The number of nitrogens with one attached hydrogen (secondary N) is 2. The Hall–Kier alpha value is -3.43. The summed E-state index contributed by atoms with van der Waals surface area (Å²) in [5.74, 6) is -0.207. The Morgan fingerprint density at radius 2 is 1.43 bits per heavy atom. The van der Waals surface area contributed by atoms with Crippen molar-refractivity contribution in [2.24, 2.45) is 10.2 Å². The average Bonchev–Trinajstić information content (AvgIpc) is 3.26. The summed E-state index contributed by atoms with van der Waals surface area (Å²) in [5, 5.41) is 15.7. The van der Waals surface area contributed by atoms with Gasteiger partial charge < -0.3 is 10.6 Å². The van der Waals surface area contributed by atoms with Crippen LogP contribution >= 0.6 is 22.7 Å². The van der Waals surface area contributed by atoms with E-state index in [1.54, 1.807) is 35.6 Å². The zero-order valence-corrected chi connectivity index (χ0v) is 17.8. The zero-order valence-electron chi connectivity index (χ0n) is 16.2. The van der Waals surface area contributed by atoms with E-state index in [0.29, 0.717) is 5.69 Å². The van der Waals surface area contributed by atoms with E-state index in [-0.39, 0.29) is 11.8 Å². The van der Waals surface area contributed by atoms with Gasteiger partial charge in [0, 0.05) is 30.8 Å². The van der Waals surface area contributed by atoms with Crippen LogP contribution in [0.3, 0.4) is 0 Å². The molecule has 2 N–H and O–H groups in total. The smallest absolute Gasteiger partial charge is 0.221 e. The molecular formula is C21H17N5O2S2. The van der Waals surface area contributed by atoms with Gasteiger partial charge in [0.2, 0.25) is 11.8 Å². The minimum absolute atomic E-state index is 0.0946. The maximum absolute atomic E-state index is 11.1. The number of nitrogens with zero attached hydrogens (tertiary/aromatic N) is 3. The van der Waals surface area contributed by atoms with Crippen LogP contribution in [0.25, 0.3) is 20.1 Å². The average molecular weight is 436 g/mol. The van der Waals surface area contributed by atoms with Crippen LogP contribution in [0, 0.1) is 0 Å². The lowest BCUT2D eigenvalue weighted by molar-refractivity contribution is -0.115.